The second-order valence-electron chi connectivity index (χ2n) is 4.77. The SMILES string of the molecule is CCN(c1ccccc1F)c1ccc(N)c2cccnc12. The third-order valence-electron chi connectivity index (χ3n) is 3.53. The molecule has 0 bridgehead atoms. The predicted molar refractivity (Wildman–Crippen MR) is 85.2 cm³/mol. The van der Waals surface area contributed by atoms with Crippen molar-refractivity contribution in [2.24, 2.45) is 0 Å². The summed E-state index contributed by atoms with van der Waals surface area (Å²) in [5.41, 5.74) is 8.85. The average Bonchev–Trinajstić information content (AvgIpc) is 2.52. The van der Waals surface area contributed by atoms with Crippen LogP contribution in [-0.4, -0.2) is 11.5 Å². The van der Waals surface area contributed by atoms with Gasteiger partial charge in [0, 0.05) is 23.8 Å². The van der Waals surface area contributed by atoms with Crippen molar-refractivity contribution in [3.05, 3.63) is 60.5 Å². The van der Waals surface area contributed by atoms with Crippen molar-refractivity contribution in [3.63, 3.8) is 0 Å². The average molecular weight is 281 g/mol. The number of halogens is 1. The van der Waals surface area contributed by atoms with Crippen LogP contribution in [0, 0.1) is 5.82 Å². The number of rotatable bonds is 3. The first kappa shape index (κ1) is 13.4. The Kier molecular flexibility index (Phi) is 3.44. The van der Waals surface area contributed by atoms with Gasteiger partial charge in [-0.05, 0) is 43.3 Å². The van der Waals surface area contributed by atoms with Gasteiger partial charge in [0.1, 0.15) is 5.82 Å². The molecule has 1 heterocycles. The Morgan fingerprint density at radius 1 is 1.05 bits per heavy atom. The number of nitrogens with two attached hydrogens (primary N) is 1. The first-order valence-corrected chi connectivity index (χ1v) is 6.87. The van der Waals surface area contributed by atoms with Crippen molar-refractivity contribution in [3.8, 4) is 0 Å². The fraction of sp³-hybridized carbons (Fsp3) is 0.118. The molecule has 0 atom stereocenters. The van der Waals surface area contributed by atoms with E-state index in [4.69, 9.17) is 5.73 Å². The van der Waals surface area contributed by atoms with Crippen molar-refractivity contribution in [1.29, 1.82) is 0 Å². The summed E-state index contributed by atoms with van der Waals surface area (Å²) in [6, 6.07) is 14.2. The number of aromatic nitrogens is 1. The van der Waals surface area contributed by atoms with E-state index in [-0.39, 0.29) is 5.82 Å². The normalized spacial score (nSPS) is 10.8. The minimum absolute atomic E-state index is 0.250. The lowest BCUT2D eigenvalue weighted by Gasteiger charge is -2.25. The van der Waals surface area contributed by atoms with Crippen molar-refractivity contribution in [2.75, 3.05) is 17.2 Å². The molecule has 0 aliphatic rings. The fourth-order valence-corrected chi connectivity index (χ4v) is 2.54. The van der Waals surface area contributed by atoms with Crippen molar-refractivity contribution < 1.29 is 4.39 Å². The van der Waals surface area contributed by atoms with E-state index in [1.54, 1.807) is 18.3 Å². The van der Waals surface area contributed by atoms with Crippen LogP contribution in [0.4, 0.5) is 21.5 Å². The number of anilines is 3. The highest BCUT2D eigenvalue weighted by Gasteiger charge is 2.15. The highest BCUT2D eigenvalue weighted by molar-refractivity contribution is 5.99. The molecule has 106 valence electrons. The highest BCUT2D eigenvalue weighted by atomic mass is 19.1. The van der Waals surface area contributed by atoms with Gasteiger partial charge in [-0.15, -0.1) is 0 Å². The summed E-state index contributed by atoms with van der Waals surface area (Å²) in [5.74, 6) is -0.250. The maximum atomic E-state index is 14.1. The molecule has 3 aromatic rings. The number of fused-ring (bicyclic) bond motifs is 1. The Morgan fingerprint density at radius 2 is 1.86 bits per heavy atom. The van der Waals surface area contributed by atoms with Crippen LogP contribution in [0.15, 0.2) is 54.7 Å². The van der Waals surface area contributed by atoms with Crippen LogP contribution in [0.3, 0.4) is 0 Å². The van der Waals surface area contributed by atoms with E-state index in [1.165, 1.54) is 6.07 Å². The lowest BCUT2D eigenvalue weighted by molar-refractivity contribution is 0.626. The predicted octanol–water partition coefficient (Wildman–Crippen LogP) is 4.11. The minimum Gasteiger partial charge on any atom is -0.398 e. The van der Waals surface area contributed by atoms with E-state index in [0.717, 1.165) is 16.6 Å². The van der Waals surface area contributed by atoms with Crippen LogP contribution >= 0.6 is 0 Å². The monoisotopic (exact) mass is 281 g/mol. The minimum atomic E-state index is -0.250. The van der Waals surface area contributed by atoms with Gasteiger partial charge in [-0.2, -0.15) is 0 Å². The summed E-state index contributed by atoms with van der Waals surface area (Å²) in [4.78, 5) is 6.33. The standard InChI is InChI=1S/C17H16FN3/c1-2-21(15-8-4-3-7-13(15)18)16-10-9-14(19)12-6-5-11-20-17(12)16/h3-11H,2,19H2,1H3. The highest BCUT2D eigenvalue weighted by Crippen LogP contribution is 2.34. The van der Waals surface area contributed by atoms with Crippen LogP contribution in [0.2, 0.25) is 0 Å². The van der Waals surface area contributed by atoms with Gasteiger partial charge in [0.05, 0.1) is 16.9 Å². The lowest BCUT2D eigenvalue weighted by atomic mass is 10.1. The molecule has 3 rings (SSSR count). The molecule has 0 radical (unpaired) electrons. The summed E-state index contributed by atoms with van der Waals surface area (Å²) in [7, 11) is 0. The van der Waals surface area contributed by atoms with Gasteiger partial charge in [0.15, 0.2) is 0 Å². The summed E-state index contributed by atoms with van der Waals surface area (Å²) in [6.07, 6.45) is 1.72. The van der Waals surface area contributed by atoms with Gasteiger partial charge >= 0.3 is 0 Å². The number of nitrogens with zero attached hydrogens (tertiary/aromatic N) is 2. The molecule has 0 aliphatic carbocycles. The van der Waals surface area contributed by atoms with E-state index in [9.17, 15) is 4.39 Å². The van der Waals surface area contributed by atoms with E-state index in [1.807, 2.05) is 42.2 Å². The van der Waals surface area contributed by atoms with Gasteiger partial charge in [-0.25, -0.2) is 4.39 Å². The molecule has 2 N–H and O–H groups in total. The molecule has 0 unspecified atom stereocenters. The van der Waals surface area contributed by atoms with Crippen molar-refractivity contribution in [2.45, 2.75) is 6.92 Å². The van der Waals surface area contributed by atoms with Crippen LogP contribution in [0.5, 0.6) is 0 Å². The third kappa shape index (κ3) is 2.29. The molecule has 1 aromatic heterocycles. The number of hydrogen-bond donors (Lipinski definition) is 1. The Hall–Kier alpha value is -2.62. The summed E-state index contributed by atoms with van der Waals surface area (Å²) < 4.78 is 14.1. The molecule has 0 aliphatic heterocycles. The van der Waals surface area contributed by atoms with Crippen LogP contribution < -0.4 is 10.6 Å². The molecule has 4 heteroatoms. The Labute approximate surface area is 122 Å². The van der Waals surface area contributed by atoms with Crippen LogP contribution in [0.25, 0.3) is 10.9 Å². The summed E-state index contributed by atoms with van der Waals surface area (Å²) in [6.45, 7) is 2.62. The van der Waals surface area contributed by atoms with E-state index < -0.39 is 0 Å². The zero-order chi connectivity index (χ0) is 14.8. The van der Waals surface area contributed by atoms with Gasteiger partial charge < -0.3 is 10.6 Å². The number of benzene rings is 2. The maximum Gasteiger partial charge on any atom is 0.146 e. The second kappa shape index (κ2) is 5.40. The second-order valence-corrected chi connectivity index (χ2v) is 4.77. The van der Waals surface area contributed by atoms with E-state index >= 15 is 0 Å². The van der Waals surface area contributed by atoms with Gasteiger partial charge in [0.25, 0.3) is 0 Å². The molecule has 0 spiro atoms. The zero-order valence-corrected chi connectivity index (χ0v) is 11.8. The molecule has 2 aromatic carbocycles. The molecule has 0 fully saturated rings. The fourth-order valence-electron chi connectivity index (χ4n) is 2.54. The van der Waals surface area contributed by atoms with Crippen molar-refractivity contribution >= 4 is 28.0 Å². The first-order valence-electron chi connectivity index (χ1n) is 6.87. The smallest absolute Gasteiger partial charge is 0.146 e. The summed E-state index contributed by atoms with van der Waals surface area (Å²) >= 11 is 0. The summed E-state index contributed by atoms with van der Waals surface area (Å²) in [5, 5.41) is 0.879. The molecular weight excluding hydrogens is 265 g/mol. The molecule has 0 saturated heterocycles. The lowest BCUT2D eigenvalue weighted by Crippen LogP contribution is -2.18. The largest absolute Gasteiger partial charge is 0.398 e. The Balaban J connectivity index is 2.23. The van der Waals surface area contributed by atoms with Crippen molar-refractivity contribution in [1.82, 2.24) is 4.98 Å². The van der Waals surface area contributed by atoms with Gasteiger partial charge in [0.2, 0.25) is 0 Å². The van der Waals surface area contributed by atoms with Crippen LogP contribution in [0.1, 0.15) is 6.92 Å². The van der Waals surface area contributed by atoms with Gasteiger partial charge in [-0.1, -0.05) is 12.1 Å². The first-order chi connectivity index (χ1) is 10.2. The molecule has 0 amide bonds. The van der Waals surface area contributed by atoms with E-state index in [2.05, 4.69) is 4.98 Å². The molecule has 3 nitrogen and oxygen atoms in total. The molecule has 21 heavy (non-hydrogen) atoms. The Bertz CT molecular complexity index is 786. The third-order valence-corrected chi connectivity index (χ3v) is 3.53. The quantitative estimate of drug-likeness (QED) is 0.734. The van der Waals surface area contributed by atoms with Gasteiger partial charge in [-0.3, -0.25) is 4.98 Å². The number of nitrogen functional groups attached to an aromatic ring is 1. The topological polar surface area (TPSA) is 42.1 Å². The van der Waals surface area contributed by atoms with Crippen LogP contribution in [-0.2, 0) is 0 Å². The number of hydrogen-bond acceptors (Lipinski definition) is 3. The Morgan fingerprint density at radius 3 is 2.62 bits per heavy atom. The molecular formula is C17H16FN3. The van der Waals surface area contributed by atoms with E-state index in [0.29, 0.717) is 17.9 Å². The molecule has 0 saturated carbocycles. The number of pyridine rings is 1. The maximum absolute atomic E-state index is 14.1. The zero-order valence-electron chi connectivity index (χ0n) is 11.8. The number of para-hydroxylation sites is 1.